The number of nitrogens with zero attached hydrogens (tertiary/aromatic N) is 2. The van der Waals surface area contributed by atoms with Gasteiger partial charge in [0.25, 0.3) is 0 Å². The molecule has 0 radical (unpaired) electrons. The third-order valence-electron chi connectivity index (χ3n) is 2.33. The van der Waals surface area contributed by atoms with E-state index in [4.69, 9.17) is 21.1 Å². The van der Waals surface area contributed by atoms with Crippen LogP contribution in [0.1, 0.15) is 12.6 Å². The third-order valence-corrected chi connectivity index (χ3v) is 2.50. The smallest absolute Gasteiger partial charge is 0.433 e. The lowest BCUT2D eigenvalue weighted by Crippen LogP contribution is -2.09. The molecule has 0 atom stereocenters. The normalized spacial score (nSPS) is 11.3. The first-order valence-corrected chi connectivity index (χ1v) is 6.29. The van der Waals surface area contributed by atoms with Crippen molar-refractivity contribution in [1.82, 2.24) is 9.97 Å². The maximum absolute atomic E-state index is 12.7. The van der Waals surface area contributed by atoms with Crippen LogP contribution in [0.5, 0.6) is 17.4 Å². The van der Waals surface area contributed by atoms with Gasteiger partial charge in [-0.15, -0.1) is 0 Å². The molecule has 0 unspecified atom stereocenters. The summed E-state index contributed by atoms with van der Waals surface area (Å²) in [4.78, 5) is 6.74. The number of halogens is 4. The van der Waals surface area contributed by atoms with E-state index in [1.807, 2.05) is 0 Å². The number of benzene rings is 1. The van der Waals surface area contributed by atoms with E-state index in [0.717, 1.165) is 0 Å². The lowest BCUT2D eigenvalue weighted by atomic mass is 10.3. The van der Waals surface area contributed by atoms with Gasteiger partial charge in [-0.25, -0.2) is 4.98 Å². The highest BCUT2D eigenvalue weighted by molar-refractivity contribution is 6.28. The lowest BCUT2D eigenvalue weighted by molar-refractivity contribution is -0.141. The molecule has 8 heteroatoms. The first kappa shape index (κ1) is 15.4. The Morgan fingerprint density at radius 1 is 1.14 bits per heavy atom. The van der Waals surface area contributed by atoms with Crippen molar-refractivity contribution in [2.45, 2.75) is 13.1 Å². The molecule has 0 aliphatic heterocycles. The number of para-hydroxylation sites is 2. The monoisotopic (exact) mass is 318 g/mol. The van der Waals surface area contributed by atoms with E-state index in [-0.39, 0.29) is 11.6 Å². The summed E-state index contributed by atoms with van der Waals surface area (Å²) < 4.78 is 48.6. The van der Waals surface area contributed by atoms with Crippen LogP contribution in [0.2, 0.25) is 5.28 Å². The Hall–Kier alpha value is -2.02. The van der Waals surface area contributed by atoms with E-state index in [2.05, 4.69) is 9.97 Å². The van der Waals surface area contributed by atoms with Crippen LogP contribution in [0.15, 0.2) is 30.3 Å². The summed E-state index contributed by atoms with van der Waals surface area (Å²) in [6, 6.07) is 7.23. The minimum Gasteiger partial charge on any atom is -0.490 e. The van der Waals surface area contributed by atoms with Gasteiger partial charge in [0, 0.05) is 6.07 Å². The fourth-order valence-corrected chi connectivity index (χ4v) is 1.69. The molecule has 2 aromatic rings. The first-order valence-electron chi connectivity index (χ1n) is 5.91. The molecule has 0 fully saturated rings. The Balaban J connectivity index is 2.34. The highest BCUT2D eigenvalue weighted by Gasteiger charge is 2.34. The molecule has 0 N–H and O–H groups in total. The molecule has 0 aliphatic rings. The van der Waals surface area contributed by atoms with Gasteiger partial charge in [-0.05, 0) is 30.7 Å². The van der Waals surface area contributed by atoms with Crippen LogP contribution in [0.4, 0.5) is 13.2 Å². The van der Waals surface area contributed by atoms with Gasteiger partial charge in [-0.2, -0.15) is 18.2 Å². The zero-order valence-corrected chi connectivity index (χ0v) is 11.6. The summed E-state index contributed by atoms with van der Waals surface area (Å²) in [5.41, 5.74) is -1.17. The van der Waals surface area contributed by atoms with Gasteiger partial charge in [-0.3, -0.25) is 0 Å². The third kappa shape index (κ3) is 3.98. The van der Waals surface area contributed by atoms with Crippen LogP contribution >= 0.6 is 11.6 Å². The number of ether oxygens (including phenoxy) is 2. The van der Waals surface area contributed by atoms with Crippen LogP contribution in [-0.2, 0) is 6.18 Å². The molecule has 0 bridgehead atoms. The SMILES string of the molecule is CCOc1ccccc1Oc1cc(C(F)(F)F)nc(Cl)n1. The summed E-state index contributed by atoms with van der Waals surface area (Å²) in [5.74, 6) is 0.319. The number of hydrogen-bond acceptors (Lipinski definition) is 4. The van der Waals surface area contributed by atoms with E-state index in [1.54, 1.807) is 31.2 Å². The second-order valence-electron chi connectivity index (χ2n) is 3.84. The van der Waals surface area contributed by atoms with Crippen molar-refractivity contribution in [3.63, 3.8) is 0 Å². The topological polar surface area (TPSA) is 44.2 Å². The molecule has 1 heterocycles. The highest BCUT2D eigenvalue weighted by Crippen LogP contribution is 2.34. The Kier molecular flexibility index (Phi) is 4.52. The predicted octanol–water partition coefficient (Wildman–Crippen LogP) is 4.34. The summed E-state index contributed by atoms with van der Waals surface area (Å²) in [7, 11) is 0. The molecular weight excluding hydrogens is 309 g/mol. The molecule has 4 nitrogen and oxygen atoms in total. The molecule has 0 saturated carbocycles. The van der Waals surface area contributed by atoms with E-state index in [9.17, 15) is 13.2 Å². The summed E-state index contributed by atoms with van der Waals surface area (Å²) in [6.45, 7) is 2.17. The molecule has 1 aromatic carbocycles. The van der Waals surface area contributed by atoms with Crippen molar-refractivity contribution in [3.05, 3.63) is 41.3 Å². The Bertz CT molecular complexity index is 635. The van der Waals surface area contributed by atoms with Gasteiger partial charge in [0.2, 0.25) is 11.2 Å². The minimum absolute atomic E-state index is 0.238. The van der Waals surface area contributed by atoms with Crippen LogP contribution < -0.4 is 9.47 Å². The molecule has 0 amide bonds. The maximum Gasteiger partial charge on any atom is 0.433 e. The van der Waals surface area contributed by atoms with Gasteiger partial charge >= 0.3 is 6.18 Å². The fourth-order valence-electron chi connectivity index (χ4n) is 1.52. The minimum atomic E-state index is -4.63. The van der Waals surface area contributed by atoms with E-state index in [1.165, 1.54) is 0 Å². The average molecular weight is 319 g/mol. The van der Waals surface area contributed by atoms with E-state index in [0.29, 0.717) is 18.4 Å². The lowest BCUT2D eigenvalue weighted by Gasteiger charge is -2.12. The van der Waals surface area contributed by atoms with Crippen molar-refractivity contribution in [2.24, 2.45) is 0 Å². The molecule has 0 saturated heterocycles. The molecule has 0 spiro atoms. The average Bonchev–Trinajstić information content (AvgIpc) is 2.40. The van der Waals surface area contributed by atoms with Gasteiger partial charge < -0.3 is 9.47 Å². The van der Waals surface area contributed by atoms with Crippen molar-refractivity contribution in [2.75, 3.05) is 6.61 Å². The van der Waals surface area contributed by atoms with Crippen LogP contribution in [0, 0.1) is 0 Å². The molecule has 21 heavy (non-hydrogen) atoms. The van der Waals surface area contributed by atoms with E-state index < -0.39 is 17.2 Å². The van der Waals surface area contributed by atoms with Crippen molar-refractivity contribution < 1.29 is 22.6 Å². The largest absolute Gasteiger partial charge is 0.490 e. The molecule has 0 aliphatic carbocycles. The number of hydrogen-bond donors (Lipinski definition) is 0. The van der Waals surface area contributed by atoms with Gasteiger partial charge in [0.15, 0.2) is 17.2 Å². The van der Waals surface area contributed by atoms with Crippen LogP contribution in [-0.4, -0.2) is 16.6 Å². The molecule has 1 aromatic heterocycles. The second-order valence-corrected chi connectivity index (χ2v) is 4.18. The molecular formula is C13H10ClF3N2O2. The van der Waals surface area contributed by atoms with Crippen LogP contribution in [0.3, 0.4) is 0 Å². The summed E-state index contributed by atoms with van der Waals surface area (Å²) >= 11 is 5.49. The second kappa shape index (κ2) is 6.17. The van der Waals surface area contributed by atoms with E-state index >= 15 is 0 Å². The summed E-state index contributed by atoms with van der Waals surface area (Å²) in [6.07, 6.45) is -4.63. The fraction of sp³-hybridized carbons (Fsp3) is 0.231. The number of alkyl halides is 3. The van der Waals surface area contributed by atoms with Gasteiger partial charge in [-0.1, -0.05) is 12.1 Å². The standard InChI is InChI=1S/C13H10ClF3N2O2/c1-2-20-8-5-3-4-6-9(8)21-11-7-10(13(15,16)17)18-12(14)19-11/h3-7H,2H2,1H3. The van der Waals surface area contributed by atoms with Gasteiger partial charge in [0.1, 0.15) is 0 Å². The van der Waals surface area contributed by atoms with Crippen molar-refractivity contribution in [3.8, 4) is 17.4 Å². The number of aromatic nitrogens is 2. The predicted molar refractivity (Wildman–Crippen MR) is 69.7 cm³/mol. The Labute approximate surface area is 123 Å². The Morgan fingerprint density at radius 2 is 1.81 bits per heavy atom. The first-order chi connectivity index (χ1) is 9.90. The zero-order chi connectivity index (χ0) is 15.5. The highest BCUT2D eigenvalue weighted by atomic mass is 35.5. The number of rotatable bonds is 4. The Morgan fingerprint density at radius 3 is 2.43 bits per heavy atom. The maximum atomic E-state index is 12.7. The quantitative estimate of drug-likeness (QED) is 0.787. The zero-order valence-electron chi connectivity index (χ0n) is 10.8. The summed E-state index contributed by atoms with van der Waals surface area (Å²) in [5, 5.41) is -0.547. The van der Waals surface area contributed by atoms with Crippen molar-refractivity contribution in [1.29, 1.82) is 0 Å². The van der Waals surface area contributed by atoms with Crippen LogP contribution in [0.25, 0.3) is 0 Å². The van der Waals surface area contributed by atoms with Crippen molar-refractivity contribution >= 4 is 11.6 Å². The molecule has 112 valence electrons. The molecule has 2 rings (SSSR count). The van der Waals surface area contributed by atoms with Gasteiger partial charge in [0.05, 0.1) is 6.61 Å².